The molecular formula is C14H25NO4. The number of hydrogen-bond donors (Lipinski definition) is 1. The molecule has 0 aromatic heterocycles. The maximum atomic E-state index is 12.2. The molecule has 1 heterocycles. The number of esters is 1. The Morgan fingerprint density at radius 2 is 2.05 bits per heavy atom. The molecule has 1 N–H and O–H groups in total. The third kappa shape index (κ3) is 4.01. The van der Waals surface area contributed by atoms with E-state index in [9.17, 15) is 14.7 Å². The van der Waals surface area contributed by atoms with Crippen LogP contribution in [0.1, 0.15) is 34.1 Å². The van der Waals surface area contributed by atoms with Crippen molar-refractivity contribution in [3.63, 3.8) is 0 Å². The van der Waals surface area contributed by atoms with Crippen molar-refractivity contribution in [2.75, 3.05) is 26.2 Å². The van der Waals surface area contributed by atoms with Gasteiger partial charge in [0.2, 0.25) is 0 Å². The molecule has 5 heteroatoms. The number of likely N-dealkylation sites (tertiary alicyclic amines) is 1. The molecule has 0 bridgehead atoms. The highest BCUT2D eigenvalue weighted by atomic mass is 16.5. The molecule has 0 aromatic carbocycles. The van der Waals surface area contributed by atoms with Gasteiger partial charge in [0, 0.05) is 6.54 Å². The first-order valence-corrected chi connectivity index (χ1v) is 6.90. The van der Waals surface area contributed by atoms with Gasteiger partial charge in [-0.1, -0.05) is 6.92 Å². The molecule has 1 fully saturated rings. The van der Waals surface area contributed by atoms with E-state index in [0.29, 0.717) is 6.54 Å². The number of ether oxygens (including phenoxy) is 1. The van der Waals surface area contributed by atoms with Crippen LogP contribution >= 0.6 is 0 Å². The zero-order valence-corrected chi connectivity index (χ0v) is 12.3. The van der Waals surface area contributed by atoms with Crippen molar-refractivity contribution >= 4 is 11.8 Å². The van der Waals surface area contributed by atoms with Gasteiger partial charge < -0.3 is 9.84 Å². The second-order valence-electron chi connectivity index (χ2n) is 5.84. The number of aliphatic hydroxyl groups is 1. The van der Waals surface area contributed by atoms with Crippen molar-refractivity contribution in [1.82, 2.24) is 4.90 Å². The van der Waals surface area contributed by atoms with Crippen molar-refractivity contribution in [2.45, 2.75) is 40.2 Å². The minimum Gasteiger partial charge on any atom is -0.465 e. The van der Waals surface area contributed by atoms with Crippen LogP contribution in [0, 0.1) is 11.3 Å². The fraction of sp³-hybridized carbons (Fsp3) is 0.857. The van der Waals surface area contributed by atoms with Crippen LogP contribution in [0.2, 0.25) is 0 Å². The van der Waals surface area contributed by atoms with Crippen LogP contribution in [0.15, 0.2) is 0 Å². The highest BCUT2D eigenvalue weighted by Gasteiger charge is 2.38. The number of Topliss-reactive ketones (excluding diaryl/α,β-unsaturated/α-hetero) is 1. The summed E-state index contributed by atoms with van der Waals surface area (Å²) in [6.07, 6.45) is 0.473. The molecule has 1 aliphatic heterocycles. The molecule has 1 rings (SSSR count). The summed E-state index contributed by atoms with van der Waals surface area (Å²) in [5, 5.41) is 9.81. The monoisotopic (exact) mass is 271 g/mol. The van der Waals surface area contributed by atoms with Gasteiger partial charge in [0.05, 0.1) is 19.3 Å². The number of piperidine rings is 1. The minimum absolute atomic E-state index is 0.160. The van der Waals surface area contributed by atoms with Gasteiger partial charge in [0.25, 0.3) is 0 Å². The van der Waals surface area contributed by atoms with Crippen LogP contribution in [0.25, 0.3) is 0 Å². The summed E-state index contributed by atoms with van der Waals surface area (Å²) in [5.41, 5.74) is -1.12. The second-order valence-corrected chi connectivity index (χ2v) is 5.84. The molecule has 2 unspecified atom stereocenters. The lowest BCUT2D eigenvalue weighted by atomic mass is 9.87. The van der Waals surface area contributed by atoms with Crippen molar-refractivity contribution in [3.8, 4) is 0 Å². The predicted molar refractivity (Wildman–Crippen MR) is 71.6 cm³/mol. The van der Waals surface area contributed by atoms with E-state index in [2.05, 4.69) is 0 Å². The average molecular weight is 271 g/mol. The molecule has 5 nitrogen and oxygen atoms in total. The van der Waals surface area contributed by atoms with E-state index in [1.54, 1.807) is 20.8 Å². The van der Waals surface area contributed by atoms with Crippen molar-refractivity contribution in [2.24, 2.45) is 11.3 Å². The van der Waals surface area contributed by atoms with Crippen molar-refractivity contribution in [3.05, 3.63) is 0 Å². The number of rotatable bonds is 5. The van der Waals surface area contributed by atoms with Gasteiger partial charge in [-0.25, -0.2) is 0 Å². The van der Waals surface area contributed by atoms with E-state index in [1.165, 1.54) is 0 Å². The minimum atomic E-state index is -1.12. The first-order valence-electron chi connectivity index (χ1n) is 6.90. The van der Waals surface area contributed by atoms with Crippen LogP contribution in [0.4, 0.5) is 0 Å². The Balaban J connectivity index is 2.57. The lowest BCUT2D eigenvalue weighted by Gasteiger charge is -2.35. The summed E-state index contributed by atoms with van der Waals surface area (Å²) in [6.45, 7) is 8.65. The molecule has 0 saturated carbocycles. The Morgan fingerprint density at radius 3 is 2.58 bits per heavy atom. The van der Waals surface area contributed by atoms with Gasteiger partial charge in [-0.15, -0.1) is 0 Å². The lowest BCUT2D eigenvalue weighted by molar-refractivity contribution is -0.158. The Kier molecular flexibility index (Phi) is 5.50. The summed E-state index contributed by atoms with van der Waals surface area (Å²) in [6, 6.07) is 0. The third-order valence-corrected chi connectivity index (χ3v) is 3.85. The maximum Gasteiger partial charge on any atom is 0.319 e. The largest absolute Gasteiger partial charge is 0.465 e. The normalized spacial score (nSPS) is 25.1. The number of ketones is 1. The molecule has 0 amide bonds. The van der Waals surface area contributed by atoms with Gasteiger partial charge in [-0.05, 0) is 39.7 Å². The SMILES string of the molecule is CCOC(=O)C(C)(C)C(=O)CN1CCC(C)C(O)C1. The van der Waals surface area contributed by atoms with E-state index >= 15 is 0 Å². The molecule has 2 atom stereocenters. The summed E-state index contributed by atoms with van der Waals surface area (Å²) in [5.74, 6) is -0.372. The standard InChI is InChI=1S/C14H25NO4/c1-5-19-13(18)14(3,4)12(17)9-15-7-6-10(2)11(16)8-15/h10-11,16H,5-9H2,1-4H3. The van der Waals surface area contributed by atoms with Crippen LogP contribution < -0.4 is 0 Å². The molecule has 0 aliphatic carbocycles. The van der Waals surface area contributed by atoms with Gasteiger partial charge in [-0.2, -0.15) is 0 Å². The highest BCUT2D eigenvalue weighted by molar-refractivity contribution is 6.03. The first kappa shape index (κ1) is 16.1. The molecule has 1 saturated heterocycles. The molecule has 110 valence electrons. The second kappa shape index (κ2) is 6.48. The Hall–Kier alpha value is -0.940. The van der Waals surface area contributed by atoms with Crippen LogP contribution in [0.5, 0.6) is 0 Å². The number of β-amino-alcohol motifs (C(OH)–C–C–N with tert-alkyl or cyclic N) is 1. The number of hydrogen-bond acceptors (Lipinski definition) is 5. The fourth-order valence-electron chi connectivity index (χ4n) is 2.08. The summed E-state index contributed by atoms with van der Waals surface area (Å²) >= 11 is 0. The maximum absolute atomic E-state index is 12.2. The summed E-state index contributed by atoms with van der Waals surface area (Å²) < 4.78 is 4.93. The smallest absolute Gasteiger partial charge is 0.319 e. The van der Waals surface area contributed by atoms with Crippen LogP contribution in [-0.4, -0.2) is 54.1 Å². The van der Waals surface area contributed by atoms with Gasteiger partial charge >= 0.3 is 5.97 Å². The number of carbonyl (C=O) groups excluding carboxylic acids is 2. The molecule has 1 aliphatic rings. The van der Waals surface area contributed by atoms with Crippen LogP contribution in [-0.2, 0) is 14.3 Å². The van der Waals surface area contributed by atoms with Crippen molar-refractivity contribution < 1.29 is 19.4 Å². The van der Waals surface area contributed by atoms with E-state index in [-0.39, 0.29) is 24.9 Å². The topological polar surface area (TPSA) is 66.8 Å². The van der Waals surface area contributed by atoms with Gasteiger partial charge in [0.1, 0.15) is 5.41 Å². The number of aliphatic hydroxyl groups excluding tert-OH is 1. The molecule has 19 heavy (non-hydrogen) atoms. The molecule has 0 aromatic rings. The van der Waals surface area contributed by atoms with Gasteiger partial charge in [0.15, 0.2) is 5.78 Å². The zero-order chi connectivity index (χ0) is 14.6. The van der Waals surface area contributed by atoms with Crippen molar-refractivity contribution in [1.29, 1.82) is 0 Å². The van der Waals surface area contributed by atoms with E-state index in [0.717, 1.165) is 13.0 Å². The van der Waals surface area contributed by atoms with E-state index < -0.39 is 17.5 Å². The number of carbonyl (C=O) groups is 2. The zero-order valence-electron chi connectivity index (χ0n) is 12.3. The Labute approximate surface area is 114 Å². The summed E-state index contributed by atoms with van der Waals surface area (Å²) in [4.78, 5) is 25.9. The Morgan fingerprint density at radius 1 is 1.42 bits per heavy atom. The van der Waals surface area contributed by atoms with E-state index in [4.69, 9.17) is 4.74 Å². The lowest BCUT2D eigenvalue weighted by Crippen LogP contribution is -2.48. The molecular weight excluding hydrogens is 246 g/mol. The quantitative estimate of drug-likeness (QED) is 0.593. The third-order valence-electron chi connectivity index (χ3n) is 3.85. The first-order chi connectivity index (χ1) is 8.78. The van der Waals surface area contributed by atoms with Crippen LogP contribution in [0.3, 0.4) is 0 Å². The Bertz CT molecular complexity index is 340. The highest BCUT2D eigenvalue weighted by Crippen LogP contribution is 2.22. The average Bonchev–Trinajstić information content (AvgIpc) is 2.34. The van der Waals surface area contributed by atoms with Gasteiger partial charge in [-0.3, -0.25) is 14.5 Å². The predicted octanol–water partition coefficient (Wildman–Crippen LogP) is 0.847. The summed E-state index contributed by atoms with van der Waals surface area (Å²) in [7, 11) is 0. The number of nitrogens with zero attached hydrogens (tertiary/aromatic N) is 1. The van der Waals surface area contributed by atoms with E-state index in [1.807, 2.05) is 11.8 Å². The molecule has 0 spiro atoms. The fourth-order valence-corrected chi connectivity index (χ4v) is 2.08. The molecule has 0 radical (unpaired) electrons.